The Balaban J connectivity index is 1.92. The molecule has 2 N–H and O–H groups in total. The smallest absolute Gasteiger partial charge is 0.251 e. The van der Waals surface area contributed by atoms with Crippen LogP contribution in [0.2, 0.25) is 0 Å². The summed E-state index contributed by atoms with van der Waals surface area (Å²) >= 11 is 0. The molecule has 0 saturated heterocycles. The number of benzene rings is 2. The molecule has 0 spiro atoms. The number of carbonyl (C=O) groups excluding carboxylic acids is 3. The number of amides is 3. The number of rotatable bonds is 6. The van der Waals surface area contributed by atoms with Gasteiger partial charge >= 0.3 is 0 Å². The van der Waals surface area contributed by atoms with E-state index in [9.17, 15) is 14.4 Å². The number of hydrogen-bond acceptors (Lipinski definition) is 3. The first-order valence-electron chi connectivity index (χ1n) is 9.98. The maximum atomic E-state index is 12.4. The maximum Gasteiger partial charge on any atom is 0.251 e. The zero-order valence-electron chi connectivity index (χ0n) is 18.6. The molecule has 2 aromatic rings. The van der Waals surface area contributed by atoms with Crippen molar-refractivity contribution in [1.82, 2.24) is 10.2 Å². The summed E-state index contributed by atoms with van der Waals surface area (Å²) in [6.07, 6.45) is 0.307. The largest absolute Gasteiger partial charge is 0.349 e. The lowest BCUT2D eigenvalue weighted by atomic mass is 9.86. The minimum Gasteiger partial charge on any atom is -0.349 e. The molecule has 1 unspecified atom stereocenters. The van der Waals surface area contributed by atoms with Gasteiger partial charge in [-0.2, -0.15) is 0 Å². The average molecular weight is 410 g/mol. The second kappa shape index (κ2) is 9.57. The lowest BCUT2D eigenvalue weighted by Crippen LogP contribution is -2.41. The standard InChI is InChI=1S/C24H31N3O3/c1-16(25-23(30)18-9-11-19(12-10-18)24(2,3)4)22(29)26-20-13-7-17(8-14-20)15-21(28)27(5)6/h7-14,16H,15H2,1-6H3,(H,25,30)(H,26,29). The summed E-state index contributed by atoms with van der Waals surface area (Å²) in [5, 5.41) is 5.51. The Hall–Kier alpha value is -3.15. The molecule has 0 aliphatic rings. The van der Waals surface area contributed by atoms with Crippen LogP contribution in [0.1, 0.15) is 49.2 Å². The lowest BCUT2D eigenvalue weighted by molar-refractivity contribution is -0.128. The van der Waals surface area contributed by atoms with Crippen molar-refractivity contribution in [3.8, 4) is 0 Å². The number of anilines is 1. The lowest BCUT2D eigenvalue weighted by Gasteiger charge is -2.19. The van der Waals surface area contributed by atoms with Crippen LogP contribution in [0.5, 0.6) is 0 Å². The van der Waals surface area contributed by atoms with Crippen LogP contribution in [-0.2, 0) is 21.4 Å². The highest BCUT2D eigenvalue weighted by Crippen LogP contribution is 2.22. The Morgan fingerprint density at radius 2 is 1.50 bits per heavy atom. The molecular weight excluding hydrogens is 378 g/mol. The van der Waals surface area contributed by atoms with Crippen molar-refractivity contribution in [1.29, 1.82) is 0 Å². The quantitative estimate of drug-likeness (QED) is 0.768. The highest BCUT2D eigenvalue weighted by atomic mass is 16.2. The molecule has 6 heteroatoms. The molecule has 1 atom stereocenters. The molecule has 0 saturated carbocycles. The van der Waals surface area contributed by atoms with Gasteiger partial charge in [-0.15, -0.1) is 0 Å². The predicted molar refractivity (Wildman–Crippen MR) is 120 cm³/mol. The van der Waals surface area contributed by atoms with E-state index in [1.54, 1.807) is 57.4 Å². The number of nitrogens with zero attached hydrogens (tertiary/aromatic N) is 1. The third-order valence-corrected chi connectivity index (χ3v) is 4.83. The summed E-state index contributed by atoms with van der Waals surface area (Å²) in [5.74, 6) is -0.596. The number of hydrogen-bond donors (Lipinski definition) is 2. The van der Waals surface area contributed by atoms with Crippen LogP contribution < -0.4 is 10.6 Å². The molecule has 0 bridgehead atoms. The van der Waals surface area contributed by atoms with Crippen molar-refractivity contribution < 1.29 is 14.4 Å². The summed E-state index contributed by atoms with van der Waals surface area (Å²) < 4.78 is 0. The predicted octanol–water partition coefficient (Wildman–Crippen LogP) is 3.37. The molecule has 0 aliphatic heterocycles. The van der Waals surface area contributed by atoms with Gasteiger partial charge in [0.25, 0.3) is 5.91 Å². The molecule has 30 heavy (non-hydrogen) atoms. The van der Waals surface area contributed by atoms with Crippen LogP contribution >= 0.6 is 0 Å². The fourth-order valence-electron chi connectivity index (χ4n) is 2.76. The van der Waals surface area contributed by atoms with E-state index < -0.39 is 6.04 Å². The minimum atomic E-state index is -0.699. The summed E-state index contributed by atoms with van der Waals surface area (Å²) in [6, 6.07) is 13.8. The molecule has 0 aliphatic carbocycles. The normalized spacial score (nSPS) is 12.1. The monoisotopic (exact) mass is 409 g/mol. The van der Waals surface area contributed by atoms with E-state index in [1.807, 2.05) is 12.1 Å². The Kier molecular flexibility index (Phi) is 7.38. The molecule has 0 fully saturated rings. The van der Waals surface area contributed by atoms with Gasteiger partial charge in [0.15, 0.2) is 0 Å². The van der Waals surface area contributed by atoms with E-state index in [0.717, 1.165) is 11.1 Å². The van der Waals surface area contributed by atoms with E-state index in [4.69, 9.17) is 0 Å². The van der Waals surface area contributed by atoms with E-state index in [2.05, 4.69) is 31.4 Å². The molecule has 6 nitrogen and oxygen atoms in total. The van der Waals surface area contributed by atoms with Crippen LogP contribution in [0.15, 0.2) is 48.5 Å². The van der Waals surface area contributed by atoms with Crippen molar-refractivity contribution in [3.05, 3.63) is 65.2 Å². The van der Waals surface area contributed by atoms with Crippen LogP contribution in [0.25, 0.3) is 0 Å². The summed E-state index contributed by atoms with van der Waals surface area (Å²) in [6.45, 7) is 7.98. The van der Waals surface area contributed by atoms with Gasteiger partial charge in [-0.05, 0) is 47.7 Å². The maximum absolute atomic E-state index is 12.4. The Morgan fingerprint density at radius 1 is 0.933 bits per heavy atom. The van der Waals surface area contributed by atoms with Crippen molar-refractivity contribution in [3.63, 3.8) is 0 Å². The van der Waals surface area contributed by atoms with Gasteiger partial charge in [0.1, 0.15) is 6.04 Å². The summed E-state index contributed by atoms with van der Waals surface area (Å²) in [4.78, 5) is 38.2. The molecule has 2 aromatic carbocycles. The van der Waals surface area contributed by atoms with Gasteiger partial charge in [-0.1, -0.05) is 45.0 Å². The average Bonchev–Trinajstić information content (AvgIpc) is 2.68. The van der Waals surface area contributed by atoms with Gasteiger partial charge < -0.3 is 15.5 Å². The Bertz CT molecular complexity index is 895. The Morgan fingerprint density at radius 3 is 2.00 bits per heavy atom. The van der Waals surface area contributed by atoms with Crippen molar-refractivity contribution in [2.24, 2.45) is 0 Å². The van der Waals surface area contributed by atoms with Gasteiger partial charge in [0, 0.05) is 25.3 Å². The molecular formula is C24H31N3O3. The van der Waals surface area contributed by atoms with Crippen molar-refractivity contribution in [2.45, 2.75) is 45.6 Å². The van der Waals surface area contributed by atoms with Crippen LogP contribution in [0, 0.1) is 0 Å². The molecule has 0 heterocycles. The second-order valence-corrected chi connectivity index (χ2v) is 8.67. The van der Waals surface area contributed by atoms with Gasteiger partial charge in [0.05, 0.1) is 6.42 Å². The number of likely N-dealkylation sites (N-methyl/N-ethyl adjacent to an activating group) is 1. The molecule has 0 radical (unpaired) electrons. The summed E-state index contributed by atoms with van der Waals surface area (Å²) in [7, 11) is 3.43. The third kappa shape index (κ3) is 6.44. The van der Waals surface area contributed by atoms with Crippen molar-refractivity contribution in [2.75, 3.05) is 19.4 Å². The summed E-state index contributed by atoms with van der Waals surface area (Å²) in [5.41, 5.74) is 3.14. The first-order valence-corrected chi connectivity index (χ1v) is 9.98. The molecule has 160 valence electrons. The SMILES string of the molecule is CC(NC(=O)c1ccc(C(C)(C)C)cc1)C(=O)Nc1ccc(CC(=O)N(C)C)cc1. The molecule has 3 amide bonds. The Labute approximate surface area is 178 Å². The van der Waals surface area contributed by atoms with Gasteiger partial charge in [0.2, 0.25) is 11.8 Å². The fourth-order valence-corrected chi connectivity index (χ4v) is 2.76. The van der Waals surface area contributed by atoms with Crippen LogP contribution in [-0.4, -0.2) is 42.8 Å². The molecule has 2 rings (SSSR count). The van der Waals surface area contributed by atoms with Crippen LogP contribution in [0.4, 0.5) is 5.69 Å². The van der Waals surface area contributed by atoms with Crippen LogP contribution in [0.3, 0.4) is 0 Å². The van der Waals surface area contributed by atoms with E-state index >= 15 is 0 Å². The third-order valence-electron chi connectivity index (χ3n) is 4.83. The highest BCUT2D eigenvalue weighted by Gasteiger charge is 2.18. The minimum absolute atomic E-state index is 0.0114. The van der Waals surface area contributed by atoms with E-state index in [-0.39, 0.29) is 23.1 Å². The first-order chi connectivity index (χ1) is 14.0. The topological polar surface area (TPSA) is 78.5 Å². The second-order valence-electron chi connectivity index (χ2n) is 8.67. The van der Waals surface area contributed by atoms with E-state index in [1.165, 1.54) is 4.90 Å². The zero-order chi connectivity index (χ0) is 22.5. The van der Waals surface area contributed by atoms with Gasteiger partial charge in [-0.3, -0.25) is 14.4 Å². The molecule has 0 aromatic heterocycles. The first kappa shape index (κ1) is 23.1. The number of carbonyl (C=O) groups is 3. The van der Waals surface area contributed by atoms with Crippen molar-refractivity contribution >= 4 is 23.4 Å². The fraction of sp³-hybridized carbons (Fsp3) is 0.375. The zero-order valence-corrected chi connectivity index (χ0v) is 18.6. The highest BCUT2D eigenvalue weighted by molar-refractivity contribution is 6.01. The van der Waals surface area contributed by atoms with E-state index in [0.29, 0.717) is 17.7 Å². The van der Waals surface area contributed by atoms with Gasteiger partial charge in [-0.25, -0.2) is 0 Å². The number of nitrogens with one attached hydrogen (secondary N) is 2.